The Balaban J connectivity index is 2.72. The van der Waals surface area contributed by atoms with Crippen molar-refractivity contribution in [1.29, 1.82) is 0 Å². The van der Waals surface area contributed by atoms with Gasteiger partial charge >= 0.3 is 12.0 Å². The number of carboxylic acids is 1. The highest BCUT2D eigenvalue weighted by Gasteiger charge is 2.25. The van der Waals surface area contributed by atoms with Crippen LogP contribution in [0.5, 0.6) is 0 Å². The third kappa shape index (κ3) is 4.42. The summed E-state index contributed by atoms with van der Waals surface area (Å²) in [5, 5.41) is 23.0. The number of carbonyl (C=O) groups is 2. The molecule has 0 aliphatic carbocycles. The predicted molar refractivity (Wildman–Crippen MR) is 71.4 cm³/mol. The Morgan fingerprint density at radius 3 is 2.47 bits per heavy atom. The first-order valence-electron chi connectivity index (χ1n) is 5.56. The van der Waals surface area contributed by atoms with Crippen molar-refractivity contribution in [3.63, 3.8) is 0 Å². The summed E-state index contributed by atoms with van der Waals surface area (Å²) in [6.45, 7) is 3.13. The number of benzene rings is 1. The Hall–Kier alpha value is -1.79. The molecule has 19 heavy (non-hydrogen) atoms. The quantitative estimate of drug-likeness (QED) is 0.676. The minimum absolute atomic E-state index is 0.346. The zero-order valence-electron chi connectivity index (χ0n) is 10.5. The number of aliphatic carboxylic acids is 1. The zero-order chi connectivity index (χ0) is 14.6. The van der Waals surface area contributed by atoms with E-state index in [9.17, 15) is 14.7 Å². The standard InChI is InChI=1S/C12H15ClN2O4/c1-6-3-4-9(8(13)5-6)14-12(19)15-10(7(2)16)11(17)18/h3-5,7,10,16H,1-2H3,(H,17,18)(H2,14,15,19)/t7-,10+/m1/s1. The van der Waals surface area contributed by atoms with Gasteiger partial charge in [0.25, 0.3) is 0 Å². The molecule has 0 aliphatic rings. The van der Waals surface area contributed by atoms with Crippen molar-refractivity contribution in [2.45, 2.75) is 26.0 Å². The van der Waals surface area contributed by atoms with E-state index in [-0.39, 0.29) is 0 Å². The van der Waals surface area contributed by atoms with Crippen LogP contribution < -0.4 is 10.6 Å². The summed E-state index contributed by atoms with van der Waals surface area (Å²) in [5.74, 6) is -1.32. The molecular weight excluding hydrogens is 272 g/mol. The maximum Gasteiger partial charge on any atom is 0.328 e. The number of carbonyl (C=O) groups excluding carboxylic acids is 1. The van der Waals surface area contributed by atoms with Crippen LogP contribution in [0.25, 0.3) is 0 Å². The molecule has 0 heterocycles. The van der Waals surface area contributed by atoms with Crippen LogP contribution in [-0.2, 0) is 4.79 Å². The van der Waals surface area contributed by atoms with Crippen molar-refractivity contribution >= 4 is 29.3 Å². The molecule has 2 atom stereocenters. The van der Waals surface area contributed by atoms with Crippen LogP contribution in [0.2, 0.25) is 5.02 Å². The van der Waals surface area contributed by atoms with Gasteiger partial charge in [-0.15, -0.1) is 0 Å². The van der Waals surface area contributed by atoms with E-state index in [1.165, 1.54) is 6.92 Å². The second-order valence-electron chi connectivity index (χ2n) is 4.14. The van der Waals surface area contributed by atoms with E-state index in [1.54, 1.807) is 18.2 Å². The SMILES string of the molecule is Cc1ccc(NC(=O)N[C@H](C(=O)O)[C@@H](C)O)c(Cl)c1. The summed E-state index contributed by atoms with van der Waals surface area (Å²) in [6, 6.07) is 2.89. The summed E-state index contributed by atoms with van der Waals surface area (Å²) in [5.41, 5.74) is 1.29. The lowest BCUT2D eigenvalue weighted by Crippen LogP contribution is -2.49. The molecular formula is C12H15ClN2O4. The molecule has 0 aliphatic heterocycles. The number of anilines is 1. The van der Waals surface area contributed by atoms with E-state index in [1.807, 2.05) is 6.92 Å². The highest BCUT2D eigenvalue weighted by atomic mass is 35.5. The molecule has 0 spiro atoms. The minimum atomic E-state index is -1.38. The summed E-state index contributed by atoms with van der Waals surface area (Å²) >= 11 is 5.93. The first-order valence-corrected chi connectivity index (χ1v) is 5.93. The molecule has 0 saturated carbocycles. The summed E-state index contributed by atoms with van der Waals surface area (Å²) in [4.78, 5) is 22.4. The number of urea groups is 1. The number of carboxylic acid groups (broad SMARTS) is 1. The number of aliphatic hydroxyl groups excluding tert-OH is 1. The van der Waals surface area contributed by atoms with Crippen molar-refractivity contribution in [1.82, 2.24) is 5.32 Å². The molecule has 7 heteroatoms. The lowest BCUT2D eigenvalue weighted by molar-refractivity contribution is -0.141. The summed E-state index contributed by atoms with van der Waals surface area (Å²) in [7, 11) is 0. The van der Waals surface area contributed by atoms with Gasteiger partial charge in [-0.05, 0) is 31.5 Å². The lowest BCUT2D eigenvalue weighted by Gasteiger charge is -2.17. The van der Waals surface area contributed by atoms with Crippen molar-refractivity contribution < 1.29 is 19.8 Å². The van der Waals surface area contributed by atoms with Gasteiger partial charge in [-0.2, -0.15) is 0 Å². The normalized spacial score (nSPS) is 13.5. The predicted octanol–water partition coefficient (Wildman–Crippen LogP) is 1.60. The summed E-state index contributed by atoms with van der Waals surface area (Å²) in [6.07, 6.45) is -1.21. The summed E-state index contributed by atoms with van der Waals surface area (Å²) < 4.78 is 0. The van der Waals surface area contributed by atoms with Crippen LogP contribution in [0, 0.1) is 6.92 Å². The van der Waals surface area contributed by atoms with E-state index in [2.05, 4.69) is 10.6 Å². The first-order chi connectivity index (χ1) is 8.81. The van der Waals surface area contributed by atoms with Gasteiger partial charge in [0.05, 0.1) is 16.8 Å². The van der Waals surface area contributed by atoms with Gasteiger partial charge in [0.15, 0.2) is 6.04 Å². The molecule has 0 unspecified atom stereocenters. The van der Waals surface area contributed by atoms with Crippen molar-refractivity contribution in [2.75, 3.05) is 5.32 Å². The fraction of sp³-hybridized carbons (Fsp3) is 0.333. The second-order valence-corrected chi connectivity index (χ2v) is 4.55. The number of halogens is 1. The molecule has 0 bridgehead atoms. The van der Waals surface area contributed by atoms with Crippen molar-refractivity contribution in [2.24, 2.45) is 0 Å². The Morgan fingerprint density at radius 1 is 1.37 bits per heavy atom. The third-order valence-corrected chi connectivity index (χ3v) is 2.72. The van der Waals surface area contributed by atoms with Crippen LogP contribution in [0.4, 0.5) is 10.5 Å². The van der Waals surface area contributed by atoms with Crippen LogP contribution in [0.15, 0.2) is 18.2 Å². The van der Waals surface area contributed by atoms with E-state index < -0.39 is 24.1 Å². The van der Waals surface area contributed by atoms with Gasteiger partial charge in [-0.25, -0.2) is 9.59 Å². The molecule has 2 amide bonds. The monoisotopic (exact) mass is 286 g/mol. The van der Waals surface area contributed by atoms with Crippen LogP contribution in [0.3, 0.4) is 0 Å². The highest BCUT2D eigenvalue weighted by Crippen LogP contribution is 2.22. The maximum atomic E-state index is 11.6. The zero-order valence-corrected chi connectivity index (χ0v) is 11.2. The van der Waals surface area contributed by atoms with Crippen LogP contribution in [0.1, 0.15) is 12.5 Å². The van der Waals surface area contributed by atoms with Crippen LogP contribution in [-0.4, -0.2) is 34.4 Å². The molecule has 0 aromatic heterocycles. The topological polar surface area (TPSA) is 98.7 Å². The Labute approximate surface area is 115 Å². The van der Waals surface area contributed by atoms with E-state index in [0.29, 0.717) is 10.7 Å². The largest absolute Gasteiger partial charge is 0.480 e. The maximum absolute atomic E-state index is 11.6. The minimum Gasteiger partial charge on any atom is -0.480 e. The molecule has 6 nitrogen and oxygen atoms in total. The smallest absolute Gasteiger partial charge is 0.328 e. The number of nitrogens with one attached hydrogen (secondary N) is 2. The fourth-order valence-electron chi connectivity index (χ4n) is 1.41. The molecule has 1 aromatic carbocycles. The molecule has 4 N–H and O–H groups in total. The van der Waals surface area contributed by atoms with Gasteiger partial charge in [0, 0.05) is 0 Å². The van der Waals surface area contributed by atoms with Crippen molar-refractivity contribution in [3.05, 3.63) is 28.8 Å². The molecule has 1 aromatic rings. The van der Waals surface area contributed by atoms with E-state index >= 15 is 0 Å². The Bertz CT molecular complexity index is 491. The average Bonchev–Trinajstić information content (AvgIpc) is 2.29. The Morgan fingerprint density at radius 2 is 2.00 bits per heavy atom. The Kier molecular flexibility index (Phi) is 5.14. The number of amides is 2. The van der Waals surface area contributed by atoms with Gasteiger partial charge in [0.2, 0.25) is 0 Å². The first kappa shape index (κ1) is 15.3. The highest BCUT2D eigenvalue weighted by molar-refractivity contribution is 6.33. The molecule has 0 radical (unpaired) electrons. The fourth-order valence-corrected chi connectivity index (χ4v) is 1.69. The second kappa shape index (κ2) is 6.40. The van der Waals surface area contributed by atoms with Gasteiger partial charge in [0.1, 0.15) is 0 Å². The van der Waals surface area contributed by atoms with E-state index in [0.717, 1.165) is 5.56 Å². The molecule has 0 saturated heterocycles. The number of hydrogen-bond acceptors (Lipinski definition) is 3. The molecule has 1 rings (SSSR count). The molecule has 104 valence electrons. The number of aliphatic hydroxyl groups is 1. The van der Waals surface area contributed by atoms with E-state index in [4.69, 9.17) is 16.7 Å². The van der Waals surface area contributed by atoms with Gasteiger partial charge in [-0.3, -0.25) is 0 Å². The number of rotatable bonds is 4. The third-order valence-electron chi connectivity index (χ3n) is 2.41. The lowest BCUT2D eigenvalue weighted by atomic mass is 10.2. The van der Waals surface area contributed by atoms with Gasteiger partial charge < -0.3 is 20.8 Å². The molecule has 0 fully saturated rings. The van der Waals surface area contributed by atoms with Crippen LogP contribution >= 0.6 is 11.6 Å². The average molecular weight is 287 g/mol. The van der Waals surface area contributed by atoms with Crippen molar-refractivity contribution in [3.8, 4) is 0 Å². The number of aryl methyl sites for hydroxylation is 1. The number of hydrogen-bond donors (Lipinski definition) is 4. The van der Waals surface area contributed by atoms with Gasteiger partial charge in [-0.1, -0.05) is 17.7 Å².